The number of aliphatic carboxylic acids is 1. The number of hydrogen-bond acceptors (Lipinski definition) is 3. The Morgan fingerprint density at radius 3 is 2.61 bits per heavy atom. The summed E-state index contributed by atoms with van der Waals surface area (Å²) in [6.45, 7) is 1.32. The summed E-state index contributed by atoms with van der Waals surface area (Å²) in [4.78, 5) is 21.9. The van der Waals surface area contributed by atoms with Gasteiger partial charge in [-0.15, -0.1) is 0 Å². The molecule has 0 bridgehead atoms. The van der Waals surface area contributed by atoms with E-state index in [4.69, 9.17) is 9.84 Å². The molecule has 1 rings (SSSR count). The molecule has 7 heteroatoms. The summed E-state index contributed by atoms with van der Waals surface area (Å²) >= 11 is 0. The molecular formula is C11H13FN2O4. The second-order valence-electron chi connectivity index (χ2n) is 3.51. The number of carbonyl (C=O) groups excluding carboxylic acids is 1. The number of hydrogen-bond donors (Lipinski definition) is 3. The molecule has 6 nitrogen and oxygen atoms in total. The third-order valence-corrected chi connectivity index (χ3v) is 2.13. The summed E-state index contributed by atoms with van der Waals surface area (Å²) in [5.74, 6) is -1.73. The van der Waals surface area contributed by atoms with Gasteiger partial charge < -0.3 is 20.5 Å². The number of benzene rings is 1. The lowest BCUT2D eigenvalue weighted by molar-refractivity contribution is -0.138. The predicted octanol–water partition coefficient (Wildman–Crippen LogP) is 1.43. The first-order valence-corrected chi connectivity index (χ1v) is 5.08. The van der Waals surface area contributed by atoms with E-state index in [1.807, 2.05) is 0 Å². The number of ether oxygens (including phenoxy) is 1. The van der Waals surface area contributed by atoms with Gasteiger partial charge in [0.15, 0.2) is 11.6 Å². The summed E-state index contributed by atoms with van der Waals surface area (Å²) in [5, 5.41) is 13.1. The van der Waals surface area contributed by atoms with Crippen molar-refractivity contribution >= 4 is 17.7 Å². The number of halogens is 1. The number of methoxy groups -OCH3 is 1. The first-order valence-electron chi connectivity index (χ1n) is 5.08. The quantitative estimate of drug-likeness (QED) is 0.760. The van der Waals surface area contributed by atoms with Crippen LogP contribution in [0.25, 0.3) is 0 Å². The van der Waals surface area contributed by atoms with Crippen LogP contribution < -0.4 is 15.4 Å². The lowest BCUT2D eigenvalue weighted by Crippen LogP contribution is -2.40. The number of amides is 2. The zero-order valence-corrected chi connectivity index (χ0v) is 9.86. The van der Waals surface area contributed by atoms with E-state index in [-0.39, 0.29) is 11.4 Å². The van der Waals surface area contributed by atoms with Crippen LogP contribution in [-0.2, 0) is 4.79 Å². The molecule has 0 radical (unpaired) electrons. The normalized spacial score (nSPS) is 11.5. The Morgan fingerprint density at radius 2 is 2.11 bits per heavy atom. The highest BCUT2D eigenvalue weighted by Gasteiger charge is 2.14. The number of rotatable bonds is 4. The minimum Gasteiger partial charge on any atom is -0.494 e. The van der Waals surface area contributed by atoms with Gasteiger partial charge >= 0.3 is 12.0 Å². The fourth-order valence-corrected chi connectivity index (χ4v) is 1.17. The van der Waals surface area contributed by atoms with Gasteiger partial charge in [0.2, 0.25) is 0 Å². The first-order chi connectivity index (χ1) is 8.43. The minimum atomic E-state index is -1.16. The van der Waals surface area contributed by atoms with Gasteiger partial charge in [-0.2, -0.15) is 0 Å². The Hall–Kier alpha value is -2.31. The summed E-state index contributed by atoms with van der Waals surface area (Å²) < 4.78 is 18.0. The van der Waals surface area contributed by atoms with E-state index in [0.29, 0.717) is 0 Å². The van der Waals surface area contributed by atoms with Crippen LogP contribution >= 0.6 is 0 Å². The highest BCUT2D eigenvalue weighted by molar-refractivity contribution is 5.92. The second-order valence-corrected chi connectivity index (χ2v) is 3.51. The molecule has 3 N–H and O–H groups in total. The maximum atomic E-state index is 13.3. The average Bonchev–Trinajstić information content (AvgIpc) is 2.28. The molecule has 0 saturated carbocycles. The zero-order chi connectivity index (χ0) is 13.7. The predicted molar refractivity (Wildman–Crippen MR) is 62.2 cm³/mol. The second kappa shape index (κ2) is 5.85. The molecule has 1 aromatic rings. The monoisotopic (exact) mass is 256 g/mol. The van der Waals surface area contributed by atoms with E-state index >= 15 is 0 Å². The van der Waals surface area contributed by atoms with Crippen molar-refractivity contribution in [3.63, 3.8) is 0 Å². The molecule has 2 amide bonds. The van der Waals surface area contributed by atoms with Gasteiger partial charge in [-0.25, -0.2) is 9.18 Å². The summed E-state index contributed by atoms with van der Waals surface area (Å²) in [5.41, 5.74) is 0.198. The van der Waals surface area contributed by atoms with Crippen LogP contribution in [0.4, 0.5) is 14.9 Å². The number of carbonyl (C=O) groups is 2. The summed E-state index contributed by atoms with van der Waals surface area (Å²) in [6.07, 6.45) is 0. The Labute approximate surface area is 103 Å². The Kier molecular flexibility index (Phi) is 4.47. The van der Waals surface area contributed by atoms with E-state index in [9.17, 15) is 14.0 Å². The van der Waals surface area contributed by atoms with E-state index in [2.05, 4.69) is 10.6 Å². The Balaban J connectivity index is 2.65. The van der Waals surface area contributed by atoms with Crippen molar-refractivity contribution in [2.75, 3.05) is 12.4 Å². The molecular weight excluding hydrogens is 243 g/mol. The molecule has 0 aromatic heterocycles. The highest BCUT2D eigenvalue weighted by atomic mass is 19.1. The fraction of sp³-hybridized carbons (Fsp3) is 0.273. The Morgan fingerprint density at radius 1 is 1.44 bits per heavy atom. The van der Waals surface area contributed by atoms with Crippen LogP contribution in [-0.4, -0.2) is 30.3 Å². The molecule has 0 saturated heterocycles. The summed E-state index contributed by atoms with van der Waals surface area (Å²) in [6, 6.07) is 2.10. The molecule has 0 aliphatic rings. The van der Waals surface area contributed by atoms with Gasteiger partial charge in [0.1, 0.15) is 6.04 Å². The van der Waals surface area contributed by atoms with Crippen molar-refractivity contribution < 1.29 is 23.8 Å². The molecule has 1 atom stereocenters. The van der Waals surface area contributed by atoms with E-state index in [1.54, 1.807) is 0 Å². The van der Waals surface area contributed by atoms with Crippen LogP contribution in [0.1, 0.15) is 6.92 Å². The molecule has 98 valence electrons. The van der Waals surface area contributed by atoms with Crippen LogP contribution in [0.5, 0.6) is 5.75 Å². The molecule has 0 fully saturated rings. The van der Waals surface area contributed by atoms with Crippen molar-refractivity contribution in [1.29, 1.82) is 0 Å². The van der Waals surface area contributed by atoms with Gasteiger partial charge in [-0.05, 0) is 19.1 Å². The molecule has 18 heavy (non-hydrogen) atoms. The van der Waals surface area contributed by atoms with Crippen LogP contribution in [0.3, 0.4) is 0 Å². The van der Waals surface area contributed by atoms with Gasteiger partial charge in [-0.1, -0.05) is 0 Å². The van der Waals surface area contributed by atoms with Gasteiger partial charge in [0, 0.05) is 11.8 Å². The third kappa shape index (κ3) is 3.62. The molecule has 0 aliphatic carbocycles. The van der Waals surface area contributed by atoms with Gasteiger partial charge in [-0.3, -0.25) is 4.79 Å². The third-order valence-electron chi connectivity index (χ3n) is 2.13. The number of carboxylic acids is 1. The SMILES string of the molecule is COc1ccc(NC(=O)N[C@H](C)C(=O)O)cc1F. The van der Waals surface area contributed by atoms with Crippen molar-refractivity contribution in [3.8, 4) is 5.75 Å². The van der Waals surface area contributed by atoms with Gasteiger partial charge in [0.05, 0.1) is 7.11 Å². The van der Waals surface area contributed by atoms with Crippen LogP contribution in [0, 0.1) is 5.82 Å². The number of anilines is 1. The average molecular weight is 256 g/mol. The topological polar surface area (TPSA) is 87.7 Å². The number of urea groups is 1. The molecule has 0 spiro atoms. The molecule has 1 aromatic carbocycles. The lowest BCUT2D eigenvalue weighted by atomic mass is 10.3. The van der Waals surface area contributed by atoms with Crippen molar-refractivity contribution in [1.82, 2.24) is 5.32 Å². The maximum absolute atomic E-state index is 13.3. The van der Waals surface area contributed by atoms with E-state index in [1.165, 1.54) is 26.2 Å². The van der Waals surface area contributed by atoms with Gasteiger partial charge in [0.25, 0.3) is 0 Å². The molecule has 0 unspecified atom stereocenters. The molecule has 0 heterocycles. The highest BCUT2D eigenvalue weighted by Crippen LogP contribution is 2.20. The van der Waals surface area contributed by atoms with E-state index in [0.717, 1.165) is 6.07 Å². The zero-order valence-electron chi connectivity index (χ0n) is 9.86. The van der Waals surface area contributed by atoms with Crippen molar-refractivity contribution in [3.05, 3.63) is 24.0 Å². The standard InChI is InChI=1S/C11H13FN2O4/c1-6(10(15)16)13-11(17)14-7-3-4-9(18-2)8(12)5-7/h3-6H,1-2H3,(H,15,16)(H2,13,14,17)/t6-/m1/s1. The van der Waals surface area contributed by atoms with E-state index < -0.39 is 23.9 Å². The lowest BCUT2D eigenvalue weighted by Gasteiger charge is -2.11. The smallest absolute Gasteiger partial charge is 0.325 e. The first kappa shape index (κ1) is 13.8. The number of carboxylic acid groups (broad SMARTS) is 1. The summed E-state index contributed by atoms with van der Waals surface area (Å²) in [7, 11) is 1.33. The van der Waals surface area contributed by atoms with Crippen LogP contribution in [0.15, 0.2) is 18.2 Å². The van der Waals surface area contributed by atoms with Crippen LogP contribution in [0.2, 0.25) is 0 Å². The molecule has 0 aliphatic heterocycles. The largest absolute Gasteiger partial charge is 0.494 e. The fourth-order valence-electron chi connectivity index (χ4n) is 1.17. The Bertz CT molecular complexity index is 464. The maximum Gasteiger partial charge on any atom is 0.325 e. The van der Waals surface area contributed by atoms with Crippen molar-refractivity contribution in [2.45, 2.75) is 13.0 Å². The minimum absolute atomic E-state index is 0.0554. The van der Waals surface area contributed by atoms with Crippen molar-refractivity contribution in [2.24, 2.45) is 0 Å². The number of nitrogens with one attached hydrogen (secondary N) is 2.